The molecule has 0 fully saturated rings. The zero-order chi connectivity index (χ0) is 7.28. The van der Waals surface area contributed by atoms with Crippen LogP contribution in [0.5, 0.6) is 0 Å². The highest BCUT2D eigenvalue weighted by molar-refractivity contribution is 5.87. The molecule has 0 bridgehead atoms. The van der Waals surface area contributed by atoms with E-state index in [0.29, 0.717) is 0 Å². The molecule has 0 saturated heterocycles. The largest absolute Gasteiger partial charge is 0.333 e. The molecule has 0 aromatic carbocycles. The summed E-state index contributed by atoms with van der Waals surface area (Å²) < 4.78 is 0. The van der Waals surface area contributed by atoms with Crippen LogP contribution in [0.1, 0.15) is 13.8 Å². The lowest BCUT2D eigenvalue weighted by atomic mass is 10.4. The summed E-state index contributed by atoms with van der Waals surface area (Å²) in [5, 5.41) is 2.34. The van der Waals surface area contributed by atoms with E-state index < -0.39 is 0 Å². The molecule has 1 N–H and O–H groups in total. The second-order valence-corrected chi connectivity index (χ2v) is 1.64. The van der Waals surface area contributed by atoms with Gasteiger partial charge < -0.3 is 5.32 Å². The fourth-order valence-electron chi connectivity index (χ4n) is 0.276. The molecule has 0 atom stereocenters. The first kappa shape index (κ1) is 7.88. The van der Waals surface area contributed by atoms with Crippen LogP contribution in [0.4, 0.5) is 0 Å². The standard InChI is InChI=1S/C6H9NO2/c1-5(8)3-4-7-6(2)9/h3-4H,1-2H3,(H,7,9)/b4-3+. The highest BCUT2D eigenvalue weighted by Crippen LogP contribution is 1.70. The molecular weight excluding hydrogens is 118 g/mol. The van der Waals surface area contributed by atoms with Gasteiger partial charge in [-0.15, -0.1) is 0 Å². The summed E-state index contributed by atoms with van der Waals surface area (Å²) in [5.41, 5.74) is 0. The first-order valence-electron chi connectivity index (χ1n) is 2.57. The molecule has 3 heteroatoms. The molecule has 3 nitrogen and oxygen atoms in total. The lowest BCUT2D eigenvalue weighted by Crippen LogP contribution is -2.11. The van der Waals surface area contributed by atoms with Crippen molar-refractivity contribution >= 4 is 11.7 Å². The van der Waals surface area contributed by atoms with Crippen molar-refractivity contribution in [1.29, 1.82) is 0 Å². The van der Waals surface area contributed by atoms with E-state index in [4.69, 9.17) is 0 Å². The summed E-state index contributed by atoms with van der Waals surface area (Å²) in [5.74, 6) is -0.253. The molecule has 0 radical (unpaired) electrons. The molecule has 0 aromatic heterocycles. The molecule has 1 amide bonds. The van der Waals surface area contributed by atoms with Gasteiger partial charge in [0.1, 0.15) is 0 Å². The van der Waals surface area contributed by atoms with Crippen LogP contribution >= 0.6 is 0 Å². The maximum absolute atomic E-state index is 10.2. The third kappa shape index (κ3) is 6.88. The molecule has 0 aliphatic carbocycles. The van der Waals surface area contributed by atoms with Crippen molar-refractivity contribution in [1.82, 2.24) is 5.32 Å². The van der Waals surface area contributed by atoms with Gasteiger partial charge >= 0.3 is 0 Å². The quantitative estimate of drug-likeness (QED) is 0.539. The summed E-state index contributed by atoms with van der Waals surface area (Å²) in [6.45, 7) is 2.79. The number of ketones is 1. The van der Waals surface area contributed by atoms with E-state index in [9.17, 15) is 9.59 Å². The molecule has 0 aliphatic heterocycles. The van der Waals surface area contributed by atoms with Gasteiger partial charge in [-0.25, -0.2) is 0 Å². The summed E-state index contributed by atoms with van der Waals surface area (Å²) >= 11 is 0. The average Bonchev–Trinajstić information content (AvgIpc) is 1.63. The topological polar surface area (TPSA) is 46.2 Å². The predicted octanol–water partition coefficient (Wildman–Crippen LogP) is 0.225. The Morgan fingerprint density at radius 1 is 1.33 bits per heavy atom. The first-order valence-corrected chi connectivity index (χ1v) is 2.57. The fraction of sp³-hybridized carbons (Fsp3) is 0.333. The van der Waals surface area contributed by atoms with Crippen LogP contribution in [0.2, 0.25) is 0 Å². The smallest absolute Gasteiger partial charge is 0.220 e. The van der Waals surface area contributed by atoms with E-state index >= 15 is 0 Å². The Hall–Kier alpha value is -1.12. The highest BCUT2D eigenvalue weighted by atomic mass is 16.1. The van der Waals surface area contributed by atoms with Crippen molar-refractivity contribution in [3.05, 3.63) is 12.3 Å². The second-order valence-electron chi connectivity index (χ2n) is 1.64. The minimum Gasteiger partial charge on any atom is -0.333 e. The van der Waals surface area contributed by atoms with Crippen LogP contribution in [0, 0.1) is 0 Å². The zero-order valence-electron chi connectivity index (χ0n) is 5.47. The monoisotopic (exact) mass is 127 g/mol. The molecule has 0 saturated carbocycles. The second kappa shape index (κ2) is 3.83. The molecule has 0 rings (SSSR count). The Bertz CT molecular complexity index is 149. The number of nitrogens with one attached hydrogen (secondary N) is 1. The Morgan fingerprint density at radius 3 is 2.22 bits per heavy atom. The first-order chi connectivity index (χ1) is 4.13. The maximum atomic E-state index is 10.2. The lowest BCUT2D eigenvalue weighted by Gasteiger charge is -1.86. The number of rotatable bonds is 2. The van der Waals surface area contributed by atoms with Gasteiger partial charge in [0.25, 0.3) is 0 Å². The van der Waals surface area contributed by atoms with Crippen molar-refractivity contribution in [2.75, 3.05) is 0 Å². The lowest BCUT2D eigenvalue weighted by molar-refractivity contribution is -0.118. The van der Waals surface area contributed by atoms with Gasteiger partial charge in [-0.1, -0.05) is 0 Å². The van der Waals surface area contributed by atoms with E-state index in [1.54, 1.807) is 0 Å². The summed E-state index contributed by atoms with van der Waals surface area (Å²) in [7, 11) is 0. The number of carbonyl (C=O) groups excluding carboxylic acids is 2. The van der Waals surface area contributed by atoms with Gasteiger partial charge in [-0.3, -0.25) is 9.59 Å². The van der Waals surface area contributed by atoms with E-state index in [1.807, 2.05) is 0 Å². The van der Waals surface area contributed by atoms with Crippen molar-refractivity contribution < 1.29 is 9.59 Å². The third-order valence-electron chi connectivity index (χ3n) is 0.605. The predicted molar refractivity (Wildman–Crippen MR) is 33.6 cm³/mol. The van der Waals surface area contributed by atoms with Gasteiger partial charge in [0.05, 0.1) is 0 Å². The fourth-order valence-corrected chi connectivity index (χ4v) is 0.276. The summed E-state index contributed by atoms with van der Waals surface area (Å²) in [6, 6.07) is 0. The minimum absolute atomic E-state index is 0.0799. The summed E-state index contributed by atoms with van der Waals surface area (Å²) in [6.07, 6.45) is 2.62. The molecule has 0 aliphatic rings. The molecule has 0 aromatic rings. The number of amides is 1. The van der Waals surface area contributed by atoms with Crippen molar-refractivity contribution in [2.24, 2.45) is 0 Å². The maximum Gasteiger partial charge on any atom is 0.220 e. The summed E-state index contributed by atoms with van der Waals surface area (Å²) in [4.78, 5) is 20.3. The minimum atomic E-state index is -0.174. The third-order valence-corrected chi connectivity index (χ3v) is 0.605. The van der Waals surface area contributed by atoms with Crippen molar-refractivity contribution in [3.8, 4) is 0 Å². The van der Waals surface area contributed by atoms with E-state index in [2.05, 4.69) is 5.32 Å². The van der Waals surface area contributed by atoms with Crippen LogP contribution in [0.3, 0.4) is 0 Å². The van der Waals surface area contributed by atoms with Gasteiger partial charge in [0.2, 0.25) is 5.91 Å². The van der Waals surface area contributed by atoms with E-state index in [0.717, 1.165) is 0 Å². The Labute approximate surface area is 53.7 Å². The molecule has 0 heterocycles. The highest BCUT2D eigenvalue weighted by Gasteiger charge is 1.83. The van der Waals surface area contributed by atoms with Crippen LogP contribution in [0.25, 0.3) is 0 Å². The van der Waals surface area contributed by atoms with Crippen LogP contribution in [-0.2, 0) is 9.59 Å². The number of allylic oxidation sites excluding steroid dienone is 1. The molecular formula is C6H9NO2. The van der Waals surface area contributed by atoms with Crippen LogP contribution in [0.15, 0.2) is 12.3 Å². The Morgan fingerprint density at radius 2 is 1.89 bits per heavy atom. The Balaban J connectivity index is 3.48. The van der Waals surface area contributed by atoms with E-state index in [1.165, 1.54) is 26.1 Å². The number of carbonyl (C=O) groups is 2. The zero-order valence-corrected chi connectivity index (χ0v) is 5.47. The Kier molecular flexibility index (Phi) is 3.35. The van der Waals surface area contributed by atoms with E-state index in [-0.39, 0.29) is 11.7 Å². The average molecular weight is 127 g/mol. The number of hydrogen-bond donors (Lipinski definition) is 1. The SMILES string of the molecule is CC(=O)/C=C/NC(C)=O. The molecule has 0 unspecified atom stereocenters. The van der Waals surface area contributed by atoms with Crippen LogP contribution < -0.4 is 5.32 Å². The van der Waals surface area contributed by atoms with Crippen molar-refractivity contribution in [2.45, 2.75) is 13.8 Å². The molecule has 50 valence electrons. The van der Waals surface area contributed by atoms with Gasteiger partial charge in [0.15, 0.2) is 5.78 Å². The van der Waals surface area contributed by atoms with Crippen LogP contribution in [-0.4, -0.2) is 11.7 Å². The van der Waals surface area contributed by atoms with Gasteiger partial charge in [-0.2, -0.15) is 0 Å². The number of hydrogen-bond acceptors (Lipinski definition) is 2. The van der Waals surface area contributed by atoms with Gasteiger partial charge in [-0.05, 0) is 13.0 Å². The van der Waals surface area contributed by atoms with Gasteiger partial charge in [0, 0.05) is 13.1 Å². The van der Waals surface area contributed by atoms with Crippen molar-refractivity contribution in [3.63, 3.8) is 0 Å². The normalized spacial score (nSPS) is 9.56. The molecule has 0 spiro atoms. The molecule has 9 heavy (non-hydrogen) atoms.